The average molecular weight is 302 g/mol. The minimum atomic E-state index is -0.462. The minimum absolute atomic E-state index is 0.0325. The Balaban J connectivity index is 2.57. The van der Waals surface area contributed by atoms with Gasteiger partial charge in [-0.15, -0.1) is 0 Å². The third-order valence-electron chi connectivity index (χ3n) is 4.03. The first-order valence-corrected chi connectivity index (χ1v) is 7.49. The Bertz CT molecular complexity index is 329. The molecule has 0 unspecified atom stereocenters. The molecule has 2 N–H and O–H groups in total. The minimum Gasteiger partial charge on any atom is -0.444 e. The number of nitrogens with zero attached hydrogens (tertiary/aromatic N) is 1. The molecule has 124 valence electrons. The van der Waals surface area contributed by atoms with Gasteiger partial charge in [-0.2, -0.15) is 0 Å². The Kier molecular flexibility index (Phi) is 6.43. The number of carbonyl (C=O) groups is 1. The summed E-state index contributed by atoms with van der Waals surface area (Å²) in [6.45, 7) is 7.51. The highest BCUT2D eigenvalue weighted by Gasteiger charge is 2.38. The highest BCUT2D eigenvalue weighted by atomic mass is 16.7. The van der Waals surface area contributed by atoms with E-state index in [1.54, 1.807) is 19.1 Å². The van der Waals surface area contributed by atoms with Gasteiger partial charge in [0, 0.05) is 33.7 Å². The Hall–Kier alpha value is -0.850. The van der Waals surface area contributed by atoms with Gasteiger partial charge in [-0.1, -0.05) is 0 Å². The topological polar surface area (TPSA) is 74.0 Å². The summed E-state index contributed by atoms with van der Waals surface area (Å²) in [5, 5.41) is 0. The van der Waals surface area contributed by atoms with Gasteiger partial charge in [0.15, 0.2) is 6.29 Å². The Labute approximate surface area is 127 Å². The first-order valence-electron chi connectivity index (χ1n) is 7.49. The number of hydrogen-bond donors (Lipinski definition) is 1. The molecule has 21 heavy (non-hydrogen) atoms. The van der Waals surface area contributed by atoms with Gasteiger partial charge in [0.25, 0.3) is 0 Å². The summed E-state index contributed by atoms with van der Waals surface area (Å²) >= 11 is 0. The SMILES string of the molecule is COC(CC1(CN)CCN(C(=O)OC(C)(C)C)CC1)OC. The standard InChI is InChI=1S/C15H30N2O4/c1-14(2,3)21-13(18)17-8-6-15(11-16,7-9-17)10-12(19-4)20-5/h12H,6-11,16H2,1-5H3. The Morgan fingerprint density at radius 2 is 1.76 bits per heavy atom. The van der Waals surface area contributed by atoms with E-state index in [2.05, 4.69) is 0 Å². The summed E-state index contributed by atoms with van der Waals surface area (Å²) in [6.07, 6.45) is 1.93. The van der Waals surface area contributed by atoms with Crippen LogP contribution in [0, 0.1) is 5.41 Å². The largest absolute Gasteiger partial charge is 0.444 e. The van der Waals surface area contributed by atoms with Gasteiger partial charge < -0.3 is 24.8 Å². The number of rotatable bonds is 5. The summed E-state index contributed by atoms with van der Waals surface area (Å²) in [4.78, 5) is 13.8. The van der Waals surface area contributed by atoms with Gasteiger partial charge in [-0.25, -0.2) is 4.79 Å². The third-order valence-corrected chi connectivity index (χ3v) is 4.03. The number of likely N-dealkylation sites (tertiary alicyclic amines) is 1. The lowest BCUT2D eigenvalue weighted by Gasteiger charge is -2.42. The molecule has 0 bridgehead atoms. The fraction of sp³-hybridized carbons (Fsp3) is 0.933. The Morgan fingerprint density at radius 3 is 2.14 bits per heavy atom. The number of carbonyl (C=O) groups excluding carboxylic acids is 1. The summed E-state index contributed by atoms with van der Waals surface area (Å²) < 4.78 is 16.0. The number of hydrogen-bond acceptors (Lipinski definition) is 5. The van der Waals surface area contributed by atoms with Crippen LogP contribution in [-0.4, -0.2) is 56.7 Å². The van der Waals surface area contributed by atoms with E-state index in [0.29, 0.717) is 19.6 Å². The quantitative estimate of drug-likeness (QED) is 0.786. The van der Waals surface area contributed by atoms with Crippen molar-refractivity contribution >= 4 is 6.09 Å². The molecule has 0 saturated carbocycles. The highest BCUT2D eigenvalue weighted by molar-refractivity contribution is 5.68. The van der Waals surface area contributed by atoms with Crippen molar-refractivity contribution in [3.63, 3.8) is 0 Å². The molecule has 1 rings (SSSR count). The second kappa shape index (κ2) is 7.42. The molecule has 0 aliphatic carbocycles. The molecular weight excluding hydrogens is 272 g/mol. The zero-order valence-corrected chi connectivity index (χ0v) is 14.0. The number of nitrogens with two attached hydrogens (primary N) is 1. The van der Waals surface area contributed by atoms with Crippen LogP contribution in [0.2, 0.25) is 0 Å². The molecule has 1 saturated heterocycles. The predicted molar refractivity (Wildman–Crippen MR) is 81.0 cm³/mol. The monoisotopic (exact) mass is 302 g/mol. The van der Waals surface area contributed by atoms with Gasteiger partial charge in [0.05, 0.1) is 0 Å². The zero-order valence-electron chi connectivity index (χ0n) is 14.0. The maximum absolute atomic E-state index is 12.1. The fourth-order valence-electron chi connectivity index (χ4n) is 2.60. The second-order valence-electron chi connectivity index (χ2n) is 6.78. The molecule has 0 atom stereocenters. The van der Waals surface area contributed by atoms with Crippen LogP contribution in [0.4, 0.5) is 4.79 Å². The molecule has 1 amide bonds. The van der Waals surface area contributed by atoms with E-state index in [1.807, 2.05) is 20.8 Å². The Morgan fingerprint density at radius 1 is 1.24 bits per heavy atom. The van der Waals surface area contributed by atoms with E-state index in [9.17, 15) is 4.79 Å². The lowest BCUT2D eigenvalue weighted by molar-refractivity contribution is -0.130. The van der Waals surface area contributed by atoms with Crippen LogP contribution in [0.3, 0.4) is 0 Å². The molecule has 1 aliphatic heterocycles. The fourth-order valence-corrected chi connectivity index (χ4v) is 2.60. The summed E-state index contributed by atoms with van der Waals surface area (Å²) in [7, 11) is 3.27. The summed E-state index contributed by atoms with van der Waals surface area (Å²) in [6, 6.07) is 0. The van der Waals surface area contributed by atoms with Crippen molar-refractivity contribution in [3.05, 3.63) is 0 Å². The second-order valence-corrected chi connectivity index (χ2v) is 6.78. The average Bonchev–Trinajstić information content (AvgIpc) is 2.43. The van der Waals surface area contributed by atoms with Gasteiger partial charge in [0.2, 0.25) is 0 Å². The van der Waals surface area contributed by atoms with E-state index >= 15 is 0 Å². The van der Waals surface area contributed by atoms with Gasteiger partial charge in [0.1, 0.15) is 5.60 Å². The van der Waals surface area contributed by atoms with Crippen molar-refractivity contribution in [2.75, 3.05) is 33.9 Å². The lowest BCUT2D eigenvalue weighted by atomic mass is 9.75. The first-order chi connectivity index (χ1) is 9.75. The molecule has 1 fully saturated rings. The lowest BCUT2D eigenvalue weighted by Crippen LogP contribution is -2.48. The number of methoxy groups -OCH3 is 2. The van der Waals surface area contributed by atoms with Gasteiger partial charge in [-0.3, -0.25) is 0 Å². The van der Waals surface area contributed by atoms with Crippen LogP contribution < -0.4 is 5.73 Å². The van der Waals surface area contributed by atoms with Crippen LogP contribution in [0.5, 0.6) is 0 Å². The van der Waals surface area contributed by atoms with Crippen LogP contribution >= 0.6 is 0 Å². The van der Waals surface area contributed by atoms with Crippen molar-refractivity contribution in [3.8, 4) is 0 Å². The molecule has 6 nitrogen and oxygen atoms in total. The highest BCUT2D eigenvalue weighted by Crippen LogP contribution is 2.36. The van der Waals surface area contributed by atoms with E-state index < -0.39 is 5.60 Å². The normalized spacial score (nSPS) is 18.9. The van der Waals surface area contributed by atoms with Crippen molar-refractivity contribution in [1.82, 2.24) is 4.90 Å². The maximum atomic E-state index is 12.1. The van der Waals surface area contributed by atoms with Crippen LogP contribution in [0.1, 0.15) is 40.0 Å². The van der Waals surface area contributed by atoms with E-state index in [1.165, 1.54) is 0 Å². The molecule has 0 radical (unpaired) electrons. The molecule has 6 heteroatoms. The number of ether oxygens (including phenoxy) is 3. The van der Waals surface area contributed by atoms with E-state index in [4.69, 9.17) is 19.9 Å². The van der Waals surface area contributed by atoms with Crippen LogP contribution in [0.15, 0.2) is 0 Å². The molecular formula is C15H30N2O4. The van der Waals surface area contributed by atoms with Crippen molar-refractivity contribution < 1.29 is 19.0 Å². The smallest absolute Gasteiger partial charge is 0.410 e. The zero-order chi connectivity index (χ0) is 16.1. The van der Waals surface area contributed by atoms with E-state index in [0.717, 1.165) is 19.3 Å². The third kappa shape index (κ3) is 5.45. The first kappa shape index (κ1) is 18.2. The van der Waals surface area contributed by atoms with Gasteiger partial charge >= 0.3 is 6.09 Å². The maximum Gasteiger partial charge on any atom is 0.410 e. The van der Waals surface area contributed by atoms with Crippen molar-refractivity contribution in [1.29, 1.82) is 0 Å². The molecule has 1 aliphatic rings. The predicted octanol–water partition coefficient (Wildman–Crippen LogP) is 1.97. The molecule has 0 aromatic heterocycles. The number of amides is 1. The van der Waals surface area contributed by atoms with Crippen molar-refractivity contribution in [2.24, 2.45) is 11.1 Å². The van der Waals surface area contributed by atoms with Gasteiger partial charge in [-0.05, 0) is 45.6 Å². The molecule has 0 aromatic rings. The summed E-state index contributed by atoms with van der Waals surface area (Å²) in [5.41, 5.74) is 5.48. The molecule has 0 aromatic carbocycles. The van der Waals surface area contributed by atoms with Crippen LogP contribution in [-0.2, 0) is 14.2 Å². The van der Waals surface area contributed by atoms with Crippen LogP contribution in [0.25, 0.3) is 0 Å². The summed E-state index contributed by atoms with van der Waals surface area (Å²) in [5.74, 6) is 0. The molecule has 0 spiro atoms. The van der Waals surface area contributed by atoms with E-state index in [-0.39, 0.29) is 17.8 Å². The van der Waals surface area contributed by atoms with Crippen molar-refractivity contribution in [2.45, 2.75) is 51.9 Å². The number of piperidine rings is 1. The molecule has 1 heterocycles.